The first-order valence-corrected chi connectivity index (χ1v) is 8.81. The molecule has 0 aliphatic rings. The summed E-state index contributed by atoms with van der Waals surface area (Å²) in [6.45, 7) is 0.432. The average molecular weight is 369 g/mol. The Bertz CT molecular complexity index is 1030. The molecule has 0 radical (unpaired) electrons. The predicted octanol–water partition coefficient (Wildman–Crippen LogP) is 4.07. The molecule has 25 heavy (non-hydrogen) atoms. The third kappa shape index (κ3) is 3.14. The van der Waals surface area contributed by atoms with Gasteiger partial charge >= 0.3 is 0 Å². The number of benzene rings is 2. The standard InChI is InChI=1S/C18H13ClN4OS/c19-16-14-3-1-2-4-15(14)25-17(16)18(24)21-9-12-5-7-13(8-6-12)23-11-20-10-22-23/h1-8,10-11H,9H2,(H,21,24). The van der Waals surface area contributed by atoms with E-state index in [0.717, 1.165) is 21.3 Å². The van der Waals surface area contributed by atoms with Crippen LogP contribution >= 0.6 is 22.9 Å². The summed E-state index contributed by atoms with van der Waals surface area (Å²) in [6, 6.07) is 15.5. The number of fused-ring (bicyclic) bond motifs is 1. The molecule has 7 heteroatoms. The topological polar surface area (TPSA) is 59.8 Å². The van der Waals surface area contributed by atoms with Crippen molar-refractivity contribution < 1.29 is 4.79 Å². The van der Waals surface area contributed by atoms with Crippen LogP contribution in [0.15, 0.2) is 61.2 Å². The lowest BCUT2D eigenvalue weighted by molar-refractivity contribution is 0.0955. The highest BCUT2D eigenvalue weighted by Crippen LogP contribution is 2.34. The van der Waals surface area contributed by atoms with E-state index >= 15 is 0 Å². The molecule has 1 N–H and O–H groups in total. The lowest BCUT2D eigenvalue weighted by atomic mass is 10.2. The molecular formula is C18H13ClN4OS. The van der Waals surface area contributed by atoms with Gasteiger partial charge in [0.05, 0.1) is 10.7 Å². The molecule has 0 atom stereocenters. The largest absolute Gasteiger partial charge is 0.347 e. The fourth-order valence-corrected chi connectivity index (χ4v) is 3.96. The van der Waals surface area contributed by atoms with E-state index in [2.05, 4.69) is 15.4 Å². The monoisotopic (exact) mass is 368 g/mol. The molecule has 0 unspecified atom stereocenters. The summed E-state index contributed by atoms with van der Waals surface area (Å²) < 4.78 is 2.69. The lowest BCUT2D eigenvalue weighted by Crippen LogP contribution is -2.22. The van der Waals surface area contributed by atoms with Crippen molar-refractivity contribution in [1.29, 1.82) is 0 Å². The number of halogens is 1. The highest BCUT2D eigenvalue weighted by Gasteiger charge is 2.16. The minimum Gasteiger partial charge on any atom is -0.347 e. The Labute approximate surface area is 152 Å². The Morgan fingerprint density at radius 1 is 1.16 bits per heavy atom. The maximum Gasteiger partial charge on any atom is 0.263 e. The Kier molecular flexibility index (Phi) is 4.21. The summed E-state index contributed by atoms with van der Waals surface area (Å²) in [4.78, 5) is 16.9. The second-order valence-corrected chi connectivity index (χ2v) is 6.86. The number of hydrogen-bond acceptors (Lipinski definition) is 4. The molecule has 0 saturated heterocycles. The second kappa shape index (κ2) is 6.66. The van der Waals surface area contributed by atoms with Crippen LogP contribution in [0.2, 0.25) is 5.02 Å². The summed E-state index contributed by atoms with van der Waals surface area (Å²) in [5, 5.41) is 8.43. The molecular weight excluding hydrogens is 356 g/mol. The van der Waals surface area contributed by atoms with Crippen LogP contribution < -0.4 is 5.32 Å². The number of carbonyl (C=O) groups is 1. The van der Waals surface area contributed by atoms with Gasteiger partial charge < -0.3 is 5.32 Å². The van der Waals surface area contributed by atoms with Gasteiger partial charge in [0, 0.05) is 16.6 Å². The molecule has 0 bridgehead atoms. The zero-order valence-electron chi connectivity index (χ0n) is 13.0. The van der Waals surface area contributed by atoms with Crippen LogP contribution in [0.3, 0.4) is 0 Å². The molecule has 5 nitrogen and oxygen atoms in total. The maximum atomic E-state index is 12.5. The van der Waals surface area contributed by atoms with E-state index in [1.165, 1.54) is 17.7 Å². The summed E-state index contributed by atoms with van der Waals surface area (Å²) in [6.07, 6.45) is 3.13. The first-order chi connectivity index (χ1) is 12.2. The van der Waals surface area contributed by atoms with Crippen molar-refractivity contribution in [3.05, 3.63) is 76.6 Å². The van der Waals surface area contributed by atoms with Gasteiger partial charge in [-0.05, 0) is 23.8 Å². The van der Waals surface area contributed by atoms with E-state index in [9.17, 15) is 4.79 Å². The van der Waals surface area contributed by atoms with Crippen LogP contribution in [0.25, 0.3) is 15.8 Å². The Morgan fingerprint density at radius 2 is 1.96 bits per heavy atom. The zero-order valence-corrected chi connectivity index (χ0v) is 14.6. The molecule has 2 aromatic heterocycles. The van der Waals surface area contributed by atoms with E-state index in [4.69, 9.17) is 11.6 Å². The number of aromatic nitrogens is 3. The van der Waals surface area contributed by atoms with Crippen LogP contribution in [0, 0.1) is 0 Å². The molecule has 0 aliphatic heterocycles. The molecule has 4 aromatic rings. The van der Waals surface area contributed by atoms with E-state index in [-0.39, 0.29) is 5.91 Å². The number of carbonyl (C=O) groups excluding carboxylic acids is 1. The first kappa shape index (κ1) is 15.8. The third-order valence-electron chi connectivity index (χ3n) is 3.81. The Balaban J connectivity index is 1.47. The summed E-state index contributed by atoms with van der Waals surface area (Å²) >= 11 is 7.75. The van der Waals surface area contributed by atoms with Crippen LogP contribution in [0.4, 0.5) is 0 Å². The Morgan fingerprint density at radius 3 is 2.68 bits per heavy atom. The number of nitrogens with zero attached hydrogens (tertiary/aromatic N) is 3. The molecule has 2 heterocycles. The van der Waals surface area contributed by atoms with Gasteiger partial charge in [-0.1, -0.05) is 41.9 Å². The van der Waals surface area contributed by atoms with Crippen LogP contribution in [-0.2, 0) is 6.54 Å². The van der Waals surface area contributed by atoms with Crippen molar-refractivity contribution in [2.45, 2.75) is 6.54 Å². The number of rotatable bonds is 4. The molecule has 1 amide bonds. The van der Waals surface area contributed by atoms with Crippen LogP contribution in [0.1, 0.15) is 15.2 Å². The number of thiophene rings is 1. The van der Waals surface area contributed by atoms with Crippen molar-refractivity contribution in [3.8, 4) is 5.69 Å². The van der Waals surface area contributed by atoms with Crippen molar-refractivity contribution in [3.63, 3.8) is 0 Å². The molecule has 124 valence electrons. The SMILES string of the molecule is O=C(NCc1ccc(-n2cncn2)cc1)c1sc2ccccc2c1Cl. The molecule has 4 rings (SSSR count). The van der Waals surface area contributed by atoms with Gasteiger partial charge in [-0.3, -0.25) is 4.79 Å². The molecule has 0 fully saturated rings. The van der Waals surface area contributed by atoms with Crippen molar-refractivity contribution >= 4 is 38.9 Å². The predicted molar refractivity (Wildman–Crippen MR) is 99.4 cm³/mol. The summed E-state index contributed by atoms with van der Waals surface area (Å²) in [7, 11) is 0. The first-order valence-electron chi connectivity index (χ1n) is 7.61. The minimum atomic E-state index is -0.161. The number of nitrogens with one attached hydrogen (secondary N) is 1. The quantitative estimate of drug-likeness (QED) is 0.590. The Hall–Kier alpha value is -2.70. The zero-order chi connectivity index (χ0) is 17.2. The van der Waals surface area contributed by atoms with Gasteiger partial charge in [0.2, 0.25) is 0 Å². The smallest absolute Gasteiger partial charge is 0.263 e. The van der Waals surface area contributed by atoms with Crippen LogP contribution in [-0.4, -0.2) is 20.7 Å². The summed E-state index contributed by atoms with van der Waals surface area (Å²) in [5.41, 5.74) is 1.91. The minimum absolute atomic E-state index is 0.161. The van der Waals surface area contributed by atoms with Gasteiger partial charge in [-0.25, -0.2) is 9.67 Å². The molecule has 2 aromatic carbocycles. The number of hydrogen-bond donors (Lipinski definition) is 1. The highest BCUT2D eigenvalue weighted by atomic mass is 35.5. The molecule has 0 saturated carbocycles. The molecule has 0 spiro atoms. The van der Waals surface area contributed by atoms with Gasteiger partial charge in [-0.2, -0.15) is 5.10 Å². The molecule has 0 aliphatic carbocycles. The van der Waals surface area contributed by atoms with Crippen molar-refractivity contribution in [1.82, 2.24) is 20.1 Å². The van der Waals surface area contributed by atoms with Gasteiger partial charge in [-0.15, -0.1) is 11.3 Å². The average Bonchev–Trinajstić information content (AvgIpc) is 3.29. The fraction of sp³-hybridized carbons (Fsp3) is 0.0556. The normalized spacial score (nSPS) is 10.9. The van der Waals surface area contributed by atoms with Gasteiger partial charge in [0.15, 0.2) is 0 Å². The lowest BCUT2D eigenvalue weighted by Gasteiger charge is -2.06. The van der Waals surface area contributed by atoms with Crippen molar-refractivity contribution in [2.24, 2.45) is 0 Å². The van der Waals surface area contributed by atoms with E-state index in [1.807, 2.05) is 48.5 Å². The highest BCUT2D eigenvalue weighted by molar-refractivity contribution is 7.21. The maximum absolute atomic E-state index is 12.5. The van der Waals surface area contributed by atoms with E-state index in [1.54, 1.807) is 11.0 Å². The van der Waals surface area contributed by atoms with E-state index in [0.29, 0.717) is 16.4 Å². The number of amides is 1. The summed E-state index contributed by atoms with van der Waals surface area (Å²) in [5.74, 6) is -0.161. The van der Waals surface area contributed by atoms with Gasteiger partial charge in [0.1, 0.15) is 17.5 Å². The van der Waals surface area contributed by atoms with E-state index < -0.39 is 0 Å². The second-order valence-electron chi connectivity index (χ2n) is 5.43. The fourth-order valence-electron chi connectivity index (χ4n) is 2.53. The van der Waals surface area contributed by atoms with Gasteiger partial charge in [0.25, 0.3) is 5.91 Å². The third-order valence-corrected chi connectivity index (χ3v) is 5.49. The van der Waals surface area contributed by atoms with Crippen molar-refractivity contribution in [2.75, 3.05) is 0 Å². The van der Waals surface area contributed by atoms with Crippen LogP contribution in [0.5, 0.6) is 0 Å².